The fourth-order valence-electron chi connectivity index (χ4n) is 10.6. The smallest absolute Gasteiger partial charge is 0.309 e. The van der Waals surface area contributed by atoms with Gasteiger partial charge >= 0.3 is 6.18 Å². The number of nitrogens with zero attached hydrogens (tertiary/aromatic N) is 7. The van der Waals surface area contributed by atoms with Gasteiger partial charge in [0.15, 0.2) is 0 Å². The van der Waals surface area contributed by atoms with Gasteiger partial charge in [-0.05, 0) is 166 Å². The van der Waals surface area contributed by atoms with Gasteiger partial charge in [-0.3, -0.25) is 0 Å². The Morgan fingerprint density at radius 3 is 0.987 bits per heavy atom. The highest BCUT2D eigenvalue weighted by Gasteiger charge is 2.37. The van der Waals surface area contributed by atoms with Gasteiger partial charge in [0.1, 0.15) is 0 Å². The van der Waals surface area contributed by atoms with E-state index in [1.165, 1.54) is 6.07 Å². The first-order chi connectivity index (χ1) is 37.0. The fraction of sp³-hybridized carbons (Fsp3) is 0.0152. The summed E-state index contributed by atoms with van der Waals surface area (Å²) < 4.78 is 51.9. The Morgan fingerprint density at radius 2 is 0.632 bits per heavy atom. The summed E-state index contributed by atoms with van der Waals surface area (Å²) in [6, 6.07) is 72.4. The van der Waals surface area contributed by atoms with Crippen molar-refractivity contribution in [3.63, 3.8) is 0 Å². The molecule has 10 aromatic carbocycles. The molecule has 0 atom stereocenters. The van der Waals surface area contributed by atoms with Crippen molar-refractivity contribution in [2.24, 2.45) is 0 Å². The van der Waals surface area contributed by atoms with Crippen molar-refractivity contribution in [1.29, 1.82) is 26.3 Å². The van der Waals surface area contributed by atoms with Crippen LogP contribution in [0.2, 0.25) is 0 Å². The summed E-state index contributed by atoms with van der Waals surface area (Å²) >= 11 is 0. The lowest BCUT2D eigenvalue weighted by Crippen LogP contribution is -2.12. The minimum Gasteiger partial charge on any atom is -0.309 e. The van der Waals surface area contributed by atoms with Crippen molar-refractivity contribution in [1.82, 2.24) is 9.13 Å². The van der Waals surface area contributed by atoms with E-state index in [9.17, 15) is 26.3 Å². The molecule has 0 radical (unpaired) electrons. The zero-order valence-corrected chi connectivity index (χ0v) is 39.9. The van der Waals surface area contributed by atoms with E-state index >= 15 is 13.2 Å². The quantitative estimate of drug-likeness (QED) is 0.157. The van der Waals surface area contributed by atoms with Gasteiger partial charge in [0.2, 0.25) is 0 Å². The lowest BCUT2D eigenvalue weighted by Gasteiger charge is -2.22. The first-order valence-electron chi connectivity index (χ1n) is 24.0. The van der Waals surface area contributed by atoms with Gasteiger partial charge in [0, 0.05) is 32.7 Å². The fourth-order valence-corrected chi connectivity index (χ4v) is 10.6. The third-order valence-electron chi connectivity index (χ3n) is 14.1. The standard InChI is InChI=1S/C66H34F3N7/c67-66(68,69)59-15-5-14-53(65(59)76-63-24-19-51(47-12-3-8-42(28-47)37-72)33-57(63)58-34-52(20-25-64(58)76)48-13-4-9-43(29-48)38-73)54-30-44(39-74)16-21-60(54)75-61-22-17-49(45-10-1-6-40(26-45)35-70)31-55(61)56-32-50(18-23-62(56)75)46-11-2-7-41(27-46)36-71/h1-34H. The average Bonchev–Trinajstić information content (AvgIpc) is 4.11. The summed E-state index contributed by atoms with van der Waals surface area (Å²) in [6.45, 7) is 0. The number of nitriles is 5. The first-order valence-corrected chi connectivity index (χ1v) is 24.0. The van der Waals surface area contributed by atoms with Crippen molar-refractivity contribution in [2.75, 3.05) is 0 Å². The summed E-state index contributed by atoms with van der Waals surface area (Å²) in [5.41, 5.74) is 10.9. The number of halogens is 3. The number of hydrogen-bond acceptors (Lipinski definition) is 5. The number of benzene rings is 10. The van der Waals surface area contributed by atoms with E-state index in [-0.39, 0.29) is 16.8 Å². The van der Waals surface area contributed by atoms with E-state index < -0.39 is 11.7 Å². The minimum atomic E-state index is -4.86. The molecule has 0 fully saturated rings. The number of aromatic nitrogens is 2. The predicted molar refractivity (Wildman–Crippen MR) is 291 cm³/mol. The lowest BCUT2D eigenvalue weighted by atomic mass is 9.95. The number of hydrogen-bond donors (Lipinski definition) is 0. The third-order valence-corrected chi connectivity index (χ3v) is 14.1. The molecule has 10 heteroatoms. The molecule has 0 aliphatic carbocycles. The van der Waals surface area contributed by atoms with Crippen molar-refractivity contribution < 1.29 is 13.2 Å². The molecular weight excluding hydrogens is 948 g/mol. The molecule has 0 unspecified atom stereocenters. The highest BCUT2D eigenvalue weighted by atomic mass is 19.4. The summed E-state index contributed by atoms with van der Waals surface area (Å²) in [4.78, 5) is 0. The van der Waals surface area contributed by atoms with Crippen molar-refractivity contribution in [2.45, 2.75) is 6.18 Å². The van der Waals surface area contributed by atoms with E-state index in [1.807, 2.05) is 126 Å². The monoisotopic (exact) mass is 981 g/mol. The van der Waals surface area contributed by atoms with Crippen LogP contribution in [0.4, 0.5) is 13.2 Å². The Kier molecular flexibility index (Phi) is 11.1. The first kappa shape index (κ1) is 46.1. The summed E-state index contributed by atoms with van der Waals surface area (Å²) in [5, 5.41) is 52.7. The highest BCUT2D eigenvalue weighted by molar-refractivity contribution is 6.14. The molecule has 12 aromatic rings. The number of rotatable bonds is 7. The zero-order chi connectivity index (χ0) is 52.2. The van der Waals surface area contributed by atoms with Crippen LogP contribution in [0, 0.1) is 56.7 Å². The molecule has 0 aliphatic rings. The third kappa shape index (κ3) is 7.83. The molecule has 76 heavy (non-hydrogen) atoms. The normalized spacial score (nSPS) is 11.3. The van der Waals surface area contributed by atoms with Crippen LogP contribution >= 0.6 is 0 Å². The van der Waals surface area contributed by atoms with E-state index in [2.05, 4.69) is 30.3 Å². The maximum atomic E-state index is 16.1. The van der Waals surface area contributed by atoms with Crippen LogP contribution in [-0.2, 0) is 6.18 Å². The minimum absolute atomic E-state index is 0.148. The molecule has 354 valence electrons. The maximum Gasteiger partial charge on any atom is 0.418 e. The van der Waals surface area contributed by atoms with E-state index in [0.29, 0.717) is 55.3 Å². The summed E-state index contributed by atoms with van der Waals surface area (Å²) in [7, 11) is 0. The van der Waals surface area contributed by atoms with Crippen LogP contribution in [0.15, 0.2) is 206 Å². The molecule has 0 amide bonds. The second kappa shape index (κ2) is 18.3. The van der Waals surface area contributed by atoms with Gasteiger partial charge in [-0.1, -0.05) is 84.9 Å². The molecule has 0 saturated carbocycles. The van der Waals surface area contributed by atoms with E-state index in [1.54, 1.807) is 77.4 Å². The Balaban J connectivity index is 1.16. The number of para-hydroxylation sites is 1. The lowest BCUT2D eigenvalue weighted by molar-refractivity contribution is -0.137. The van der Waals surface area contributed by atoms with Gasteiger partial charge in [0.25, 0.3) is 0 Å². The van der Waals surface area contributed by atoms with Gasteiger partial charge in [-0.2, -0.15) is 39.5 Å². The van der Waals surface area contributed by atoms with Crippen LogP contribution in [0.5, 0.6) is 0 Å². The van der Waals surface area contributed by atoms with E-state index in [4.69, 9.17) is 0 Å². The Bertz CT molecular complexity index is 4420. The second-order valence-electron chi connectivity index (χ2n) is 18.4. The van der Waals surface area contributed by atoms with Gasteiger partial charge in [0.05, 0.1) is 97.2 Å². The van der Waals surface area contributed by atoms with Crippen LogP contribution < -0.4 is 0 Å². The van der Waals surface area contributed by atoms with Gasteiger partial charge < -0.3 is 9.13 Å². The van der Waals surface area contributed by atoms with Gasteiger partial charge in [-0.15, -0.1) is 0 Å². The number of alkyl halides is 3. The molecule has 0 saturated heterocycles. The summed E-state index contributed by atoms with van der Waals surface area (Å²) in [6.07, 6.45) is -4.86. The van der Waals surface area contributed by atoms with Crippen LogP contribution in [0.1, 0.15) is 33.4 Å². The molecule has 0 N–H and O–H groups in total. The number of fused-ring (bicyclic) bond motifs is 6. The highest BCUT2D eigenvalue weighted by Crippen LogP contribution is 2.47. The van der Waals surface area contributed by atoms with E-state index in [0.717, 1.165) is 72.4 Å². The van der Waals surface area contributed by atoms with Crippen LogP contribution in [0.3, 0.4) is 0 Å². The average molecular weight is 982 g/mol. The molecule has 12 rings (SSSR count). The molecule has 7 nitrogen and oxygen atoms in total. The van der Waals surface area contributed by atoms with Crippen molar-refractivity contribution in [3.05, 3.63) is 240 Å². The molecule has 2 aromatic heterocycles. The maximum absolute atomic E-state index is 16.1. The molecule has 0 spiro atoms. The topological polar surface area (TPSA) is 129 Å². The van der Waals surface area contributed by atoms with Crippen molar-refractivity contribution >= 4 is 43.6 Å². The zero-order valence-electron chi connectivity index (χ0n) is 39.9. The Labute approximate surface area is 433 Å². The molecular formula is C66H34F3N7. The largest absolute Gasteiger partial charge is 0.418 e. The Hall–Kier alpha value is -11.0. The van der Waals surface area contributed by atoms with Crippen LogP contribution in [0.25, 0.3) is 111 Å². The van der Waals surface area contributed by atoms with Gasteiger partial charge in [-0.25, -0.2) is 0 Å². The second-order valence-corrected chi connectivity index (χ2v) is 18.4. The molecule has 2 heterocycles. The molecule has 0 bridgehead atoms. The molecule has 0 aliphatic heterocycles. The van der Waals surface area contributed by atoms with Crippen molar-refractivity contribution in [3.8, 4) is 97.4 Å². The summed E-state index contributed by atoms with van der Waals surface area (Å²) in [5.74, 6) is 0. The SMILES string of the molecule is N#Cc1cccc(-c2ccc3c(c2)c2cc(-c4cccc(C#N)c4)ccc2n3-c2ccc(C#N)cc2-c2cccc(C(F)(F)F)c2-n2c3ccc(-c4cccc(C#N)c4)cc3c3cc(-c4cccc(C#N)c4)ccc32)c1. The Morgan fingerprint density at radius 1 is 0.303 bits per heavy atom. The van der Waals surface area contributed by atoms with Crippen LogP contribution in [-0.4, -0.2) is 9.13 Å². The predicted octanol–water partition coefficient (Wildman–Crippen LogP) is 16.6.